The molecule has 3 rings (SSSR count). The van der Waals surface area contributed by atoms with E-state index >= 15 is 0 Å². The molecule has 3 heteroatoms. The Kier molecular flexibility index (Phi) is 4.54. The maximum Gasteiger partial charge on any atom is 0.251 e. The van der Waals surface area contributed by atoms with Crippen LogP contribution in [0.15, 0.2) is 54.6 Å². The van der Waals surface area contributed by atoms with Gasteiger partial charge >= 0.3 is 0 Å². The first-order valence-electron chi connectivity index (χ1n) is 7.84. The summed E-state index contributed by atoms with van der Waals surface area (Å²) in [6.07, 6.45) is 1.02. The molecule has 114 valence electrons. The molecular formula is C19H22N2O. The molecular weight excluding hydrogens is 272 g/mol. The summed E-state index contributed by atoms with van der Waals surface area (Å²) in [5.41, 5.74) is 3.19. The highest BCUT2D eigenvalue weighted by Crippen LogP contribution is 2.14. The average Bonchev–Trinajstić information content (AvgIpc) is 2.95. The Morgan fingerprint density at radius 2 is 2.00 bits per heavy atom. The Morgan fingerprint density at radius 3 is 2.77 bits per heavy atom. The van der Waals surface area contributed by atoms with Crippen molar-refractivity contribution in [3.05, 3.63) is 71.3 Å². The van der Waals surface area contributed by atoms with Crippen molar-refractivity contribution in [2.45, 2.75) is 25.9 Å². The van der Waals surface area contributed by atoms with Crippen molar-refractivity contribution in [2.75, 3.05) is 13.1 Å². The van der Waals surface area contributed by atoms with E-state index in [0.29, 0.717) is 0 Å². The van der Waals surface area contributed by atoms with Crippen LogP contribution >= 0.6 is 0 Å². The van der Waals surface area contributed by atoms with Crippen molar-refractivity contribution >= 4 is 5.91 Å². The number of hydrogen-bond donors (Lipinski definition) is 1. The van der Waals surface area contributed by atoms with Crippen LogP contribution in [0, 0.1) is 6.92 Å². The topological polar surface area (TPSA) is 32.3 Å². The van der Waals surface area contributed by atoms with Gasteiger partial charge in [-0.25, -0.2) is 0 Å². The number of nitrogens with zero attached hydrogens (tertiary/aromatic N) is 1. The molecule has 1 N–H and O–H groups in total. The van der Waals surface area contributed by atoms with Crippen molar-refractivity contribution in [3.8, 4) is 0 Å². The molecule has 0 radical (unpaired) electrons. The van der Waals surface area contributed by atoms with E-state index in [2.05, 4.69) is 34.5 Å². The van der Waals surface area contributed by atoms with Crippen molar-refractivity contribution in [3.63, 3.8) is 0 Å². The summed E-state index contributed by atoms with van der Waals surface area (Å²) in [4.78, 5) is 14.7. The van der Waals surface area contributed by atoms with Gasteiger partial charge in [0, 0.05) is 31.2 Å². The van der Waals surface area contributed by atoms with Gasteiger partial charge < -0.3 is 5.32 Å². The van der Waals surface area contributed by atoms with Crippen LogP contribution in [0.3, 0.4) is 0 Å². The molecule has 0 bridgehead atoms. The molecule has 2 aromatic rings. The maximum absolute atomic E-state index is 12.3. The first-order chi connectivity index (χ1) is 10.7. The molecule has 0 spiro atoms. The number of benzene rings is 2. The molecule has 1 aliphatic heterocycles. The van der Waals surface area contributed by atoms with Crippen LogP contribution in [0.2, 0.25) is 0 Å². The highest BCUT2D eigenvalue weighted by molar-refractivity contribution is 5.94. The summed E-state index contributed by atoms with van der Waals surface area (Å²) in [7, 11) is 0. The second-order valence-electron chi connectivity index (χ2n) is 6.05. The monoisotopic (exact) mass is 294 g/mol. The van der Waals surface area contributed by atoms with Crippen molar-refractivity contribution in [1.82, 2.24) is 10.2 Å². The van der Waals surface area contributed by atoms with E-state index in [0.717, 1.165) is 37.2 Å². The van der Waals surface area contributed by atoms with Gasteiger partial charge in [0.05, 0.1) is 0 Å². The molecule has 1 fully saturated rings. The quantitative estimate of drug-likeness (QED) is 0.940. The maximum atomic E-state index is 12.3. The number of rotatable bonds is 4. The summed E-state index contributed by atoms with van der Waals surface area (Å²) in [6.45, 7) is 4.92. The third-order valence-corrected chi connectivity index (χ3v) is 4.14. The zero-order valence-corrected chi connectivity index (χ0v) is 13.0. The molecule has 1 unspecified atom stereocenters. The Bertz CT molecular complexity index is 639. The lowest BCUT2D eigenvalue weighted by Crippen LogP contribution is -2.37. The molecule has 0 aliphatic carbocycles. The summed E-state index contributed by atoms with van der Waals surface area (Å²) < 4.78 is 0. The number of nitrogens with one attached hydrogen (secondary N) is 1. The Balaban J connectivity index is 1.54. The summed E-state index contributed by atoms with van der Waals surface area (Å²) >= 11 is 0. The van der Waals surface area contributed by atoms with Crippen LogP contribution < -0.4 is 5.32 Å². The molecule has 22 heavy (non-hydrogen) atoms. The van der Waals surface area contributed by atoms with Crippen LogP contribution in [0.25, 0.3) is 0 Å². The number of likely N-dealkylation sites (tertiary alicyclic amines) is 1. The van der Waals surface area contributed by atoms with Crippen LogP contribution in [-0.4, -0.2) is 29.9 Å². The highest BCUT2D eigenvalue weighted by Gasteiger charge is 2.24. The third-order valence-electron chi connectivity index (χ3n) is 4.14. The molecule has 1 heterocycles. The van der Waals surface area contributed by atoms with Gasteiger partial charge in [-0.2, -0.15) is 0 Å². The molecule has 1 atom stereocenters. The minimum atomic E-state index is 0.0373. The van der Waals surface area contributed by atoms with Gasteiger partial charge in [-0.3, -0.25) is 9.69 Å². The largest absolute Gasteiger partial charge is 0.348 e. The second-order valence-corrected chi connectivity index (χ2v) is 6.05. The van der Waals surface area contributed by atoms with Gasteiger partial charge in [0.2, 0.25) is 0 Å². The van der Waals surface area contributed by atoms with Gasteiger partial charge in [-0.15, -0.1) is 0 Å². The molecule has 1 amide bonds. The molecule has 0 saturated carbocycles. The van der Waals surface area contributed by atoms with E-state index in [1.807, 2.05) is 37.3 Å². The summed E-state index contributed by atoms with van der Waals surface area (Å²) in [5.74, 6) is 0.0373. The standard InChI is InChI=1S/C19H22N2O/c1-15-6-5-9-17(12-15)19(22)20-18-10-11-21(14-18)13-16-7-3-2-4-8-16/h2-9,12,18H,10-11,13-14H2,1H3,(H,20,22). The van der Waals surface area contributed by atoms with E-state index in [9.17, 15) is 4.79 Å². The van der Waals surface area contributed by atoms with Crippen molar-refractivity contribution in [2.24, 2.45) is 0 Å². The Hall–Kier alpha value is -2.13. The molecule has 1 aliphatic rings. The van der Waals surface area contributed by atoms with Crippen molar-refractivity contribution < 1.29 is 4.79 Å². The highest BCUT2D eigenvalue weighted by atomic mass is 16.1. The van der Waals surface area contributed by atoms with Gasteiger partial charge in [-0.1, -0.05) is 48.0 Å². The first kappa shape index (κ1) is 14.8. The fourth-order valence-corrected chi connectivity index (χ4v) is 2.99. The minimum Gasteiger partial charge on any atom is -0.348 e. The van der Waals surface area contributed by atoms with Gasteiger partial charge in [-0.05, 0) is 31.0 Å². The molecule has 3 nitrogen and oxygen atoms in total. The number of amides is 1. The smallest absolute Gasteiger partial charge is 0.251 e. The van der Waals surface area contributed by atoms with Crippen LogP contribution in [-0.2, 0) is 6.54 Å². The first-order valence-corrected chi connectivity index (χ1v) is 7.84. The lowest BCUT2D eigenvalue weighted by Gasteiger charge is -2.17. The number of carbonyl (C=O) groups is 1. The van der Waals surface area contributed by atoms with E-state index < -0.39 is 0 Å². The Labute approximate surface area is 132 Å². The van der Waals surface area contributed by atoms with Gasteiger partial charge in [0.25, 0.3) is 5.91 Å². The SMILES string of the molecule is Cc1cccc(C(=O)NC2CCN(Cc3ccccc3)C2)c1. The average molecular weight is 294 g/mol. The normalized spacial score (nSPS) is 18.3. The Morgan fingerprint density at radius 1 is 1.18 bits per heavy atom. The van der Waals surface area contributed by atoms with Crippen LogP contribution in [0.4, 0.5) is 0 Å². The molecule has 1 saturated heterocycles. The number of aryl methyl sites for hydroxylation is 1. The van der Waals surface area contributed by atoms with E-state index in [4.69, 9.17) is 0 Å². The van der Waals surface area contributed by atoms with Crippen LogP contribution in [0.5, 0.6) is 0 Å². The number of hydrogen-bond acceptors (Lipinski definition) is 2. The molecule has 0 aromatic heterocycles. The van der Waals surface area contributed by atoms with E-state index in [1.54, 1.807) is 0 Å². The summed E-state index contributed by atoms with van der Waals surface area (Å²) in [6, 6.07) is 18.5. The number of carbonyl (C=O) groups excluding carboxylic acids is 1. The summed E-state index contributed by atoms with van der Waals surface area (Å²) in [5, 5.41) is 3.16. The lowest BCUT2D eigenvalue weighted by atomic mass is 10.1. The van der Waals surface area contributed by atoms with Gasteiger partial charge in [0.1, 0.15) is 0 Å². The lowest BCUT2D eigenvalue weighted by molar-refractivity contribution is 0.0937. The predicted octanol–water partition coefficient (Wildman–Crippen LogP) is 3.00. The fraction of sp³-hybridized carbons (Fsp3) is 0.316. The van der Waals surface area contributed by atoms with E-state index in [-0.39, 0.29) is 11.9 Å². The zero-order valence-electron chi connectivity index (χ0n) is 13.0. The third kappa shape index (κ3) is 3.74. The molecule has 2 aromatic carbocycles. The second kappa shape index (κ2) is 6.75. The van der Waals surface area contributed by atoms with Gasteiger partial charge in [0.15, 0.2) is 0 Å². The van der Waals surface area contributed by atoms with E-state index in [1.165, 1.54) is 5.56 Å². The fourth-order valence-electron chi connectivity index (χ4n) is 2.99. The van der Waals surface area contributed by atoms with Crippen LogP contribution in [0.1, 0.15) is 27.9 Å². The van der Waals surface area contributed by atoms with Crippen molar-refractivity contribution in [1.29, 1.82) is 0 Å². The zero-order chi connectivity index (χ0) is 15.4. The predicted molar refractivity (Wildman–Crippen MR) is 88.8 cm³/mol. The minimum absolute atomic E-state index is 0.0373.